The summed E-state index contributed by atoms with van der Waals surface area (Å²) in [5, 5.41) is 2.84. The van der Waals surface area contributed by atoms with Gasteiger partial charge in [0.15, 0.2) is 0 Å². The zero-order chi connectivity index (χ0) is 7.61. The van der Waals surface area contributed by atoms with Crippen LogP contribution in [0.15, 0.2) is 0 Å². The minimum atomic E-state index is 0.0609. The minimum absolute atomic E-state index is 0.0609. The summed E-state index contributed by atoms with van der Waals surface area (Å²) in [6, 6.07) is 0. The Labute approximate surface area is 74.9 Å². The molecule has 0 spiro atoms. The van der Waals surface area contributed by atoms with Gasteiger partial charge >= 0.3 is 0 Å². The van der Waals surface area contributed by atoms with Gasteiger partial charge in [0.2, 0.25) is 0 Å². The van der Waals surface area contributed by atoms with Gasteiger partial charge in [0, 0.05) is 29.1 Å². The predicted octanol–water partition coefficient (Wildman–Crippen LogP) is 2.32. The summed E-state index contributed by atoms with van der Waals surface area (Å²) in [4.78, 5) is 10.5. The van der Waals surface area contributed by atoms with Crippen molar-refractivity contribution in [2.45, 2.75) is 26.2 Å². The van der Waals surface area contributed by atoms with E-state index in [1.165, 1.54) is 19.3 Å². The van der Waals surface area contributed by atoms with Crippen LogP contribution >= 0.6 is 22.6 Å². The fourth-order valence-corrected chi connectivity index (χ4v) is 1.43. The highest BCUT2D eigenvalue weighted by Gasteiger charge is 2.31. The molecule has 1 fully saturated rings. The van der Waals surface area contributed by atoms with Crippen molar-refractivity contribution in [1.82, 2.24) is 5.32 Å². The fraction of sp³-hybridized carbons (Fsp3) is 0.857. The number of rotatable bonds is 2. The Hall–Kier alpha value is 0.200. The van der Waals surface area contributed by atoms with E-state index in [0.29, 0.717) is 5.41 Å². The van der Waals surface area contributed by atoms with Gasteiger partial charge in [-0.25, -0.2) is 0 Å². The first-order chi connectivity index (χ1) is 4.62. The molecule has 3 heteroatoms. The second-order valence-electron chi connectivity index (χ2n) is 3.29. The Morgan fingerprint density at radius 1 is 1.70 bits per heavy atom. The highest BCUT2D eigenvalue weighted by Crippen LogP contribution is 2.39. The molecular weight excluding hydrogens is 241 g/mol. The standard InChI is InChI=1S/C7H12INO/c1-7(3-2-4-7)5-9-6(8)10/h2-5H2,1H3,(H,9,10). The third-order valence-corrected chi connectivity index (χ3v) is 2.60. The first kappa shape index (κ1) is 8.30. The fourth-order valence-electron chi connectivity index (χ4n) is 1.24. The van der Waals surface area contributed by atoms with Gasteiger partial charge in [-0.1, -0.05) is 13.3 Å². The summed E-state index contributed by atoms with van der Waals surface area (Å²) < 4.78 is 0.0609. The Balaban J connectivity index is 2.18. The molecule has 1 amide bonds. The van der Waals surface area contributed by atoms with Gasteiger partial charge in [-0.2, -0.15) is 0 Å². The Bertz CT molecular complexity index is 143. The van der Waals surface area contributed by atoms with Gasteiger partial charge in [-0.15, -0.1) is 0 Å². The van der Waals surface area contributed by atoms with Crippen LogP contribution < -0.4 is 5.32 Å². The van der Waals surface area contributed by atoms with E-state index in [-0.39, 0.29) is 3.91 Å². The number of halogens is 1. The van der Waals surface area contributed by atoms with Crippen LogP contribution in [0, 0.1) is 5.41 Å². The van der Waals surface area contributed by atoms with Crippen molar-refractivity contribution in [2.24, 2.45) is 5.41 Å². The van der Waals surface area contributed by atoms with Crippen LogP contribution in [0.3, 0.4) is 0 Å². The number of hydrogen-bond donors (Lipinski definition) is 1. The zero-order valence-electron chi connectivity index (χ0n) is 6.11. The molecular formula is C7H12INO. The Kier molecular flexibility index (Phi) is 2.55. The van der Waals surface area contributed by atoms with E-state index in [0.717, 1.165) is 6.54 Å². The molecule has 1 saturated carbocycles. The lowest BCUT2D eigenvalue weighted by molar-refractivity contribution is 0.161. The monoisotopic (exact) mass is 253 g/mol. The molecule has 1 rings (SSSR count). The molecule has 0 atom stereocenters. The summed E-state index contributed by atoms with van der Waals surface area (Å²) >= 11 is 1.77. The molecule has 0 bridgehead atoms. The van der Waals surface area contributed by atoms with Crippen LogP contribution in [0.5, 0.6) is 0 Å². The molecule has 1 aliphatic carbocycles. The zero-order valence-corrected chi connectivity index (χ0v) is 8.27. The van der Waals surface area contributed by atoms with Gasteiger partial charge in [0.1, 0.15) is 0 Å². The Morgan fingerprint density at radius 3 is 2.60 bits per heavy atom. The number of carbonyl (C=O) groups is 1. The van der Waals surface area contributed by atoms with Gasteiger partial charge in [-0.05, 0) is 18.3 Å². The topological polar surface area (TPSA) is 29.1 Å². The third-order valence-electron chi connectivity index (χ3n) is 2.21. The number of carbonyl (C=O) groups excluding carboxylic acids is 1. The van der Waals surface area contributed by atoms with Crippen molar-refractivity contribution < 1.29 is 4.79 Å². The van der Waals surface area contributed by atoms with Crippen LogP contribution in [0.25, 0.3) is 0 Å². The molecule has 0 unspecified atom stereocenters. The largest absolute Gasteiger partial charge is 0.347 e. The van der Waals surface area contributed by atoms with Crippen LogP contribution in [-0.4, -0.2) is 10.5 Å². The summed E-state index contributed by atoms with van der Waals surface area (Å²) in [7, 11) is 0. The second-order valence-corrected chi connectivity index (χ2v) is 4.27. The number of amides is 1. The quantitative estimate of drug-likeness (QED) is 0.456. The molecule has 58 valence electrons. The third kappa shape index (κ3) is 2.11. The van der Waals surface area contributed by atoms with Crippen molar-refractivity contribution >= 4 is 26.5 Å². The Morgan fingerprint density at radius 2 is 2.30 bits per heavy atom. The van der Waals surface area contributed by atoms with Gasteiger partial charge in [0.25, 0.3) is 3.91 Å². The lowest BCUT2D eigenvalue weighted by atomic mass is 9.70. The molecule has 0 aromatic rings. The highest BCUT2D eigenvalue weighted by molar-refractivity contribution is 14.1. The van der Waals surface area contributed by atoms with E-state index in [9.17, 15) is 4.79 Å². The number of hydrogen-bond acceptors (Lipinski definition) is 1. The maximum Gasteiger partial charge on any atom is 0.280 e. The normalized spacial score (nSPS) is 21.4. The minimum Gasteiger partial charge on any atom is -0.347 e. The average Bonchev–Trinajstić information content (AvgIpc) is 1.79. The molecule has 0 aliphatic heterocycles. The van der Waals surface area contributed by atoms with E-state index in [1.807, 2.05) is 0 Å². The van der Waals surface area contributed by atoms with Crippen molar-refractivity contribution in [3.63, 3.8) is 0 Å². The maximum atomic E-state index is 10.5. The first-order valence-corrected chi connectivity index (χ1v) is 4.64. The smallest absolute Gasteiger partial charge is 0.280 e. The molecule has 0 aromatic heterocycles. The molecule has 1 N–H and O–H groups in total. The lowest BCUT2D eigenvalue weighted by Gasteiger charge is -2.38. The van der Waals surface area contributed by atoms with Crippen LogP contribution in [0.1, 0.15) is 26.2 Å². The van der Waals surface area contributed by atoms with E-state index < -0.39 is 0 Å². The second kappa shape index (κ2) is 3.07. The maximum absolute atomic E-state index is 10.5. The van der Waals surface area contributed by atoms with Crippen LogP contribution in [0.2, 0.25) is 0 Å². The van der Waals surface area contributed by atoms with Crippen molar-refractivity contribution in [3.8, 4) is 0 Å². The van der Waals surface area contributed by atoms with Crippen LogP contribution in [0.4, 0.5) is 4.79 Å². The predicted molar refractivity (Wildman–Crippen MR) is 49.4 cm³/mol. The summed E-state index contributed by atoms with van der Waals surface area (Å²) in [5.74, 6) is 0. The number of nitrogens with one attached hydrogen (secondary N) is 1. The van der Waals surface area contributed by atoms with E-state index in [2.05, 4.69) is 12.2 Å². The van der Waals surface area contributed by atoms with Gasteiger partial charge in [0.05, 0.1) is 0 Å². The molecule has 2 nitrogen and oxygen atoms in total. The molecule has 0 saturated heterocycles. The first-order valence-electron chi connectivity index (χ1n) is 3.56. The van der Waals surface area contributed by atoms with Crippen molar-refractivity contribution in [2.75, 3.05) is 6.54 Å². The molecule has 1 aliphatic rings. The van der Waals surface area contributed by atoms with E-state index >= 15 is 0 Å². The van der Waals surface area contributed by atoms with Crippen molar-refractivity contribution in [1.29, 1.82) is 0 Å². The van der Waals surface area contributed by atoms with E-state index in [4.69, 9.17) is 0 Å². The van der Waals surface area contributed by atoms with E-state index in [1.54, 1.807) is 22.6 Å². The van der Waals surface area contributed by atoms with Crippen molar-refractivity contribution in [3.05, 3.63) is 0 Å². The summed E-state index contributed by atoms with van der Waals surface area (Å²) in [5.41, 5.74) is 0.417. The molecule has 0 heterocycles. The molecule has 0 aromatic carbocycles. The average molecular weight is 253 g/mol. The van der Waals surface area contributed by atoms with Crippen LogP contribution in [-0.2, 0) is 0 Å². The summed E-state index contributed by atoms with van der Waals surface area (Å²) in [6.07, 6.45) is 3.86. The molecule has 10 heavy (non-hydrogen) atoms. The SMILES string of the molecule is CC1(CNC(=O)I)CCC1. The molecule has 0 radical (unpaired) electrons. The van der Waals surface area contributed by atoms with Gasteiger partial charge in [-0.3, -0.25) is 4.79 Å². The summed E-state index contributed by atoms with van der Waals surface area (Å²) in [6.45, 7) is 3.08. The lowest BCUT2D eigenvalue weighted by Crippen LogP contribution is -2.37. The highest BCUT2D eigenvalue weighted by atomic mass is 127. The van der Waals surface area contributed by atoms with Gasteiger partial charge < -0.3 is 5.32 Å².